The number of hydrogen-bond donors (Lipinski definition) is 0. The Bertz CT molecular complexity index is 2540. The van der Waals surface area contributed by atoms with Crippen molar-refractivity contribution in [2.24, 2.45) is 0 Å². The predicted molar refractivity (Wildman–Crippen MR) is 208 cm³/mol. The van der Waals surface area contributed by atoms with Crippen molar-refractivity contribution in [2.45, 2.75) is 40.8 Å². The summed E-state index contributed by atoms with van der Waals surface area (Å²) in [6, 6.07) is 44.6. The first-order chi connectivity index (χ1) is 24.0. The zero-order valence-corrected chi connectivity index (χ0v) is 29.0. The second-order valence-corrected chi connectivity index (χ2v) is 13.9. The molecule has 0 radical (unpaired) electrons. The van der Waals surface area contributed by atoms with E-state index in [4.69, 9.17) is 0 Å². The Morgan fingerprint density at radius 2 is 0.837 bits per heavy atom. The van der Waals surface area contributed by atoms with Gasteiger partial charge in [-0.05, 0) is 97.5 Å². The number of hydrogen-bond acceptors (Lipinski definition) is 3. The lowest BCUT2D eigenvalue weighted by Crippen LogP contribution is -1.92. The number of para-hydroxylation sites is 2. The van der Waals surface area contributed by atoms with E-state index in [2.05, 4.69) is 168 Å². The Morgan fingerprint density at radius 3 is 1.27 bits per heavy atom. The van der Waals surface area contributed by atoms with E-state index < -0.39 is 0 Å². The van der Waals surface area contributed by atoms with Gasteiger partial charge < -0.3 is 9.13 Å². The first-order valence-electron chi connectivity index (χ1n) is 17.1. The van der Waals surface area contributed by atoms with Gasteiger partial charge >= 0.3 is 0 Å². The summed E-state index contributed by atoms with van der Waals surface area (Å²) >= 11 is 1.66. The number of aryl methyl sites for hydroxylation is 4. The molecule has 0 amide bonds. The highest BCUT2D eigenvalue weighted by Crippen LogP contribution is 2.38. The molecule has 0 N–H and O–H groups in total. The fourth-order valence-electron chi connectivity index (χ4n) is 7.76. The quantitative estimate of drug-likeness (QED) is 0.179. The van der Waals surface area contributed by atoms with Gasteiger partial charge in [-0.2, -0.15) is 0 Å². The van der Waals surface area contributed by atoms with Crippen molar-refractivity contribution < 1.29 is 0 Å². The molecule has 6 aromatic carbocycles. The highest BCUT2D eigenvalue weighted by molar-refractivity contribution is 7.18. The monoisotopic (exact) mass is 652 g/mol. The normalized spacial score (nSPS) is 11.8. The second-order valence-electron chi connectivity index (χ2n) is 13.0. The van der Waals surface area contributed by atoms with Gasteiger partial charge in [-0.1, -0.05) is 96.3 Å². The van der Waals surface area contributed by atoms with E-state index in [9.17, 15) is 0 Å². The molecular weight excluding hydrogens is 617 g/mol. The molecule has 0 aliphatic rings. The summed E-state index contributed by atoms with van der Waals surface area (Å²) in [7, 11) is 0. The van der Waals surface area contributed by atoms with E-state index in [1.54, 1.807) is 11.3 Å². The molecule has 0 unspecified atom stereocenters. The first kappa shape index (κ1) is 29.6. The Labute approximate surface area is 289 Å². The summed E-state index contributed by atoms with van der Waals surface area (Å²) < 4.78 is 4.80. The predicted octanol–water partition coefficient (Wildman–Crippen LogP) is 12.1. The zero-order chi connectivity index (χ0) is 33.2. The molecule has 3 aromatic heterocycles. The summed E-state index contributed by atoms with van der Waals surface area (Å²) in [5, 5.41) is 16.5. The van der Waals surface area contributed by atoms with Crippen LogP contribution in [-0.4, -0.2) is 19.3 Å². The van der Waals surface area contributed by atoms with Crippen molar-refractivity contribution in [2.75, 3.05) is 0 Å². The Morgan fingerprint density at radius 1 is 0.449 bits per heavy atom. The number of benzene rings is 6. The zero-order valence-electron chi connectivity index (χ0n) is 28.2. The highest BCUT2D eigenvalue weighted by Gasteiger charge is 2.16. The molecule has 0 fully saturated rings. The van der Waals surface area contributed by atoms with Crippen LogP contribution in [0.15, 0.2) is 121 Å². The molecule has 0 aliphatic heterocycles. The molecule has 3 heterocycles. The van der Waals surface area contributed by atoms with Gasteiger partial charge in [-0.15, -0.1) is 10.2 Å². The molecule has 0 aliphatic carbocycles. The number of fused-ring (bicyclic) bond motifs is 6. The van der Waals surface area contributed by atoms with Crippen LogP contribution in [0, 0.1) is 13.8 Å². The Hall–Kier alpha value is -5.52. The lowest BCUT2D eigenvalue weighted by atomic mass is 9.98. The first-order valence-corrected chi connectivity index (χ1v) is 17.9. The van der Waals surface area contributed by atoms with Crippen LogP contribution in [0.4, 0.5) is 0 Å². The van der Waals surface area contributed by atoms with Gasteiger partial charge in [0.25, 0.3) is 0 Å². The van der Waals surface area contributed by atoms with E-state index in [0.717, 1.165) is 34.2 Å². The molecule has 5 heteroatoms. The maximum absolute atomic E-state index is 4.67. The summed E-state index contributed by atoms with van der Waals surface area (Å²) in [6.45, 7) is 10.7. The molecule has 4 nitrogen and oxygen atoms in total. The minimum absolute atomic E-state index is 0.946. The topological polar surface area (TPSA) is 35.6 Å². The van der Waals surface area contributed by atoms with E-state index in [-0.39, 0.29) is 0 Å². The Balaban J connectivity index is 1.02. The van der Waals surface area contributed by atoms with Crippen molar-refractivity contribution in [1.82, 2.24) is 19.3 Å². The van der Waals surface area contributed by atoms with E-state index in [1.807, 2.05) is 0 Å². The molecule has 0 atom stereocenters. The third kappa shape index (κ3) is 4.72. The smallest absolute Gasteiger partial charge is 0.148 e. The highest BCUT2D eigenvalue weighted by atomic mass is 32.1. The number of rotatable bonds is 6. The van der Waals surface area contributed by atoms with Crippen LogP contribution in [0.5, 0.6) is 0 Å². The maximum Gasteiger partial charge on any atom is 0.148 e. The van der Waals surface area contributed by atoms with Crippen molar-refractivity contribution in [1.29, 1.82) is 0 Å². The average Bonchev–Trinajstić information content (AvgIpc) is 3.83. The fourth-order valence-corrected chi connectivity index (χ4v) is 8.78. The van der Waals surface area contributed by atoms with Crippen molar-refractivity contribution in [3.63, 3.8) is 0 Å². The molecule has 0 spiro atoms. The van der Waals surface area contributed by atoms with Crippen molar-refractivity contribution in [3.05, 3.63) is 132 Å². The van der Waals surface area contributed by atoms with Gasteiger partial charge in [0.15, 0.2) is 0 Å². The van der Waals surface area contributed by atoms with E-state index in [0.29, 0.717) is 0 Å². The van der Waals surface area contributed by atoms with Gasteiger partial charge in [0.1, 0.15) is 10.0 Å². The van der Waals surface area contributed by atoms with E-state index in [1.165, 1.54) is 77.0 Å². The minimum Gasteiger partial charge on any atom is -0.341 e. The van der Waals surface area contributed by atoms with Crippen LogP contribution in [0.2, 0.25) is 0 Å². The molecule has 9 rings (SSSR count). The van der Waals surface area contributed by atoms with Crippen LogP contribution >= 0.6 is 11.3 Å². The van der Waals surface area contributed by atoms with Crippen LogP contribution in [-0.2, 0) is 13.1 Å². The van der Waals surface area contributed by atoms with Gasteiger partial charge in [0.2, 0.25) is 0 Å². The van der Waals surface area contributed by atoms with Gasteiger partial charge in [0.05, 0.1) is 0 Å². The van der Waals surface area contributed by atoms with E-state index >= 15 is 0 Å². The largest absolute Gasteiger partial charge is 0.341 e. The molecule has 0 saturated heterocycles. The fraction of sp³-hybridized carbons (Fsp3) is 0.136. The molecule has 238 valence electrons. The molecule has 49 heavy (non-hydrogen) atoms. The van der Waals surface area contributed by atoms with Crippen LogP contribution in [0.25, 0.3) is 87.0 Å². The molecule has 0 bridgehead atoms. The standard InChI is InChI=1S/C44H36N4S/c1-5-47-39-13-9-7-11-35(39)37-25-31(17-21-41(37)47)29-15-19-33(27(3)23-29)43-45-46-44(49-43)34-20-16-30(24-28(34)4)32-18-22-42-38(26-32)36-12-8-10-14-40(36)48(42)6-2/h7-26H,5-6H2,1-4H3. The van der Waals surface area contributed by atoms with Gasteiger partial charge in [-0.25, -0.2) is 0 Å². The van der Waals surface area contributed by atoms with Crippen molar-refractivity contribution >= 4 is 54.9 Å². The number of aromatic nitrogens is 4. The van der Waals surface area contributed by atoms with Crippen LogP contribution < -0.4 is 0 Å². The summed E-state index contributed by atoms with van der Waals surface area (Å²) in [4.78, 5) is 0. The average molecular weight is 653 g/mol. The van der Waals surface area contributed by atoms with Gasteiger partial charge in [-0.3, -0.25) is 0 Å². The van der Waals surface area contributed by atoms with Crippen LogP contribution in [0.1, 0.15) is 25.0 Å². The summed E-state index contributed by atoms with van der Waals surface area (Å²) in [5.41, 5.74) is 14.7. The minimum atomic E-state index is 0.946. The lowest BCUT2D eigenvalue weighted by molar-refractivity contribution is 0.827. The van der Waals surface area contributed by atoms with Crippen molar-refractivity contribution in [3.8, 4) is 43.4 Å². The Kier molecular flexibility index (Phi) is 6.99. The number of nitrogens with zero attached hydrogens (tertiary/aromatic N) is 4. The maximum atomic E-state index is 4.67. The van der Waals surface area contributed by atoms with Crippen LogP contribution in [0.3, 0.4) is 0 Å². The molecular formula is C44H36N4S. The summed E-state index contributed by atoms with van der Waals surface area (Å²) in [6.07, 6.45) is 0. The summed E-state index contributed by atoms with van der Waals surface area (Å²) in [5.74, 6) is 0. The molecule has 9 aromatic rings. The lowest BCUT2D eigenvalue weighted by Gasteiger charge is -2.09. The third-order valence-electron chi connectivity index (χ3n) is 10.2. The molecule has 0 saturated carbocycles. The second kappa shape index (κ2) is 11.6. The SMILES string of the molecule is CCn1c2ccccc2c2cc(-c3ccc(-c4nnc(-c5ccc(-c6ccc7c(c6)c6ccccc6n7CC)cc5C)s4)c(C)c3)ccc21. The third-order valence-corrected chi connectivity index (χ3v) is 11.2. The van der Waals surface area contributed by atoms with Gasteiger partial charge in [0, 0.05) is 67.8 Å².